The summed E-state index contributed by atoms with van der Waals surface area (Å²) in [5, 5.41) is 4.05. The molecule has 0 spiro atoms. The minimum Gasteiger partial charge on any atom is -0.346 e. The number of benzene rings is 1. The summed E-state index contributed by atoms with van der Waals surface area (Å²) in [7, 11) is 0. The fourth-order valence-corrected chi connectivity index (χ4v) is 3.73. The van der Waals surface area contributed by atoms with Crippen molar-refractivity contribution in [1.29, 1.82) is 0 Å². The van der Waals surface area contributed by atoms with E-state index in [1.165, 1.54) is 24.6 Å². The van der Waals surface area contributed by atoms with Gasteiger partial charge in [0, 0.05) is 10.4 Å². The first-order valence-corrected chi connectivity index (χ1v) is 8.29. The van der Waals surface area contributed by atoms with E-state index in [1.807, 2.05) is 0 Å². The van der Waals surface area contributed by atoms with Crippen LogP contribution < -0.4 is 5.32 Å². The summed E-state index contributed by atoms with van der Waals surface area (Å²) in [5.74, 6) is -0.371. The second kappa shape index (κ2) is 6.44. The van der Waals surface area contributed by atoms with Crippen molar-refractivity contribution in [2.24, 2.45) is 5.92 Å². The second-order valence-electron chi connectivity index (χ2n) is 5.69. The van der Waals surface area contributed by atoms with Gasteiger partial charge in [-0.15, -0.1) is 0 Å². The van der Waals surface area contributed by atoms with Crippen LogP contribution in [0.15, 0.2) is 18.2 Å². The summed E-state index contributed by atoms with van der Waals surface area (Å²) < 4.78 is 13.7. The highest BCUT2D eigenvalue weighted by atomic mass is 79.9. The molecule has 1 aliphatic rings. The number of hydrogen-bond acceptors (Lipinski definition) is 1. The lowest BCUT2D eigenvalue weighted by atomic mass is 9.77. The third-order valence-electron chi connectivity index (χ3n) is 3.90. The zero-order valence-electron chi connectivity index (χ0n) is 11.4. The van der Waals surface area contributed by atoms with Crippen LogP contribution in [0.4, 0.5) is 4.39 Å². The molecular formula is C15H18BrClFNO. The Labute approximate surface area is 132 Å². The van der Waals surface area contributed by atoms with Gasteiger partial charge in [0.15, 0.2) is 0 Å². The Morgan fingerprint density at radius 2 is 2.35 bits per heavy atom. The van der Waals surface area contributed by atoms with Gasteiger partial charge >= 0.3 is 0 Å². The minimum absolute atomic E-state index is 0.0102. The quantitative estimate of drug-likeness (QED) is 0.785. The third kappa shape index (κ3) is 3.53. The fraction of sp³-hybridized carbons (Fsp3) is 0.533. The van der Waals surface area contributed by atoms with E-state index in [0.717, 1.165) is 19.3 Å². The monoisotopic (exact) mass is 361 g/mol. The third-order valence-corrected chi connectivity index (χ3v) is 5.21. The molecule has 0 radical (unpaired) electrons. The highest BCUT2D eigenvalue weighted by Crippen LogP contribution is 2.34. The van der Waals surface area contributed by atoms with Crippen LogP contribution in [0.25, 0.3) is 0 Å². The molecule has 2 atom stereocenters. The molecule has 20 heavy (non-hydrogen) atoms. The van der Waals surface area contributed by atoms with Crippen LogP contribution in [0.3, 0.4) is 0 Å². The lowest BCUT2D eigenvalue weighted by Crippen LogP contribution is -2.52. The van der Waals surface area contributed by atoms with E-state index in [1.54, 1.807) is 0 Å². The molecule has 1 aromatic carbocycles. The van der Waals surface area contributed by atoms with Gasteiger partial charge in [0.25, 0.3) is 5.91 Å². The maximum atomic E-state index is 13.7. The number of carbonyl (C=O) groups excluding carboxylic acids is 1. The molecule has 110 valence electrons. The van der Waals surface area contributed by atoms with Gasteiger partial charge in [0.1, 0.15) is 5.82 Å². The van der Waals surface area contributed by atoms with Crippen LogP contribution in [0, 0.1) is 11.7 Å². The van der Waals surface area contributed by atoms with Gasteiger partial charge in [-0.1, -0.05) is 47.3 Å². The number of amides is 1. The standard InChI is InChI=1S/C15H18BrClFNO/c1-10-3-2-6-15(8-10,9-16)19-14(20)12-7-11(17)4-5-13(12)18/h4-5,7,10H,2-3,6,8-9H2,1H3,(H,19,20). The SMILES string of the molecule is CC1CCCC(CBr)(NC(=O)c2cc(Cl)ccc2F)C1. The van der Waals surface area contributed by atoms with Gasteiger partial charge in [0.2, 0.25) is 0 Å². The Balaban J connectivity index is 2.19. The summed E-state index contributed by atoms with van der Waals surface area (Å²) in [6.07, 6.45) is 4.07. The first-order chi connectivity index (χ1) is 9.46. The van der Waals surface area contributed by atoms with Crippen LogP contribution in [0.2, 0.25) is 5.02 Å². The highest BCUT2D eigenvalue weighted by Gasteiger charge is 2.36. The number of hydrogen-bond donors (Lipinski definition) is 1. The van der Waals surface area contributed by atoms with Crippen molar-refractivity contribution in [1.82, 2.24) is 5.32 Å². The topological polar surface area (TPSA) is 29.1 Å². The number of halogens is 3. The second-order valence-corrected chi connectivity index (χ2v) is 6.69. The fourth-order valence-electron chi connectivity index (χ4n) is 2.91. The molecule has 2 unspecified atom stereocenters. The molecule has 1 N–H and O–H groups in total. The average Bonchev–Trinajstić information content (AvgIpc) is 2.41. The highest BCUT2D eigenvalue weighted by molar-refractivity contribution is 9.09. The molecule has 0 saturated heterocycles. The largest absolute Gasteiger partial charge is 0.346 e. The molecule has 0 bridgehead atoms. The van der Waals surface area contributed by atoms with Crippen LogP contribution in [0.5, 0.6) is 0 Å². The molecule has 1 amide bonds. The first-order valence-electron chi connectivity index (χ1n) is 6.79. The van der Waals surface area contributed by atoms with E-state index in [2.05, 4.69) is 28.2 Å². The van der Waals surface area contributed by atoms with Gasteiger partial charge in [0.05, 0.1) is 11.1 Å². The Hall–Kier alpha value is -0.610. The molecule has 2 nitrogen and oxygen atoms in total. The van der Waals surface area contributed by atoms with E-state index in [-0.39, 0.29) is 11.1 Å². The summed E-state index contributed by atoms with van der Waals surface area (Å²) in [6.45, 7) is 2.18. The molecule has 1 aliphatic carbocycles. The number of nitrogens with one attached hydrogen (secondary N) is 1. The summed E-state index contributed by atoms with van der Waals surface area (Å²) in [4.78, 5) is 12.3. The predicted octanol–water partition coefficient (Wildman–Crippen LogP) is 4.55. The van der Waals surface area contributed by atoms with Crippen LogP contribution >= 0.6 is 27.5 Å². The lowest BCUT2D eigenvalue weighted by Gasteiger charge is -2.39. The number of carbonyl (C=O) groups is 1. The van der Waals surface area contributed by atoms with Crippen molar-refractivity contribution in [3.63, 3.8) is 0 Å². The van der Waals surface area contributed by atoms with Crippen molar-refractivity contribution in [3.8, 4) is 0 Å². The zero-order chi connectivity index (χ0) is 14.8. The van der Waals surface area contributed by atoms with E-state index < -0.39 is 11.7 Å². The summed E-state index contributed by atoms with van der Waals surface area (Å²) in [5.41, 5.74) is -0.278. The Morgan fingerprint density at radius 3 is 3.00 bits per heavy atom. The van der Waals surface area contributed by atoms with Crippen LogP contribution in [-0.4, -0.2) is 16.8 Å². The van der Waals surface area contributed by atoms with Crippen molar-refractivity contribution in [2.75, 3.05) is 5.33 Å². The molecule has 0 heterocycles. The summed E-state index contributed by atoms with van der Waals surface area (Å²) in [6, 6.07) is 4.04. The molecule has 0 aromatic heterocycles. The van der Waals surface area contributed by atoms with Gasteiger partial charge in [-0.2, -0.15) is 0 Å². The molecule has 2 rings (SSSR count). The van der Waals surface area contributed by atoms with E-state index in [9.17, 15) is 9.18 Å². The summed E-state index contributed by atoms with van der Waals surface area (Å²) >= 11 is 9.33. The van der Waals surface area contributed by atoms with Gasteiger partial charge in [-0.25, -0.2) is 4.39 Å². The van der Waals surface area contributed by atoms with Crippen molar-refractivity contribution in [2.45, 2.75) is 38.1 Å². The van der Waals surface area contributed by atoms with E-state index in [0.29, 0.717) is 16.3 Å². The Bertz CT molecular complexity index is 511. The van der Waals surface area contributed by atoms with E-state index in [4.69, 9.17) is 11.6 Å². The smallest absolute Gasteiger partial charge is 0.254 e. The molecule has 0 aliphatic heterocycles. The van der Waals surface area contributed by atoms with E-state index >= 15 is 0 Å². The lowest BCUT2D eigenvalue weighted by molar-refractivity contribution is 0.0865. The maximum absolute atomic E-state index is 13.7. The molecule has 5 heteroatoms. The Morgan fingerprint density at radius 1 is 1.60 bits per heavy atom. The van der Waals surface area contributed by atoms with Gasteiger partial charge in [-0.05, 0) is 37.0 Å². The first kappa shape index (κ1) is 15.8. The predicted molar refractivity (Wildman–Crippen MR) is 83.0 cm³/mol. The van der Waals surface area contributed by atoms with Gasteiger partial charge < -0.3 is 5.32 Å². The number of rotatable bonds is 3. The maximum Gasteiger partial charge on any atom is 0.254 e. The Kier molecular flexibility index (Phi) is 5.08. The van der Waals surface area contributed by atoms with Gasteiger partial charge in [-0.3, -0.25) is 4.79 Å². The van der Waals surface area contributed by atoms with Crippen molar-refractivity contribution < 1.29 is 9.18 Å². The van der Waals surface area contributed by atoms with Crippen LogP contribution in [-0.2, 0) is 0 Å². The van der Waals surface area contributed by atoms with Crippen LogP contribution in [0.1, 0.15) is 43.0 Å². The van der Waals surface area contributed by atoms with Crippen molar-refractivity contribution >= 4 is 33.4 Å². The molecule has 1 fully saturated rings. The van der Waals surface area contributed by atoms with Crippen molar-refractivity contribution in [3.05, 3.63) is 34.6 Å². The zero-order valence-corrected chi connectivity index (χ0v) is 13.7. The molecule has 1 saturated carbocycles. The number of alkyl halides is 1. The molecular weight excluding hydrogens is 345 g/mol. The average molecular weight is 363 g/mol. The normalized spacial score (nSPS) is 26.3. The minimum atomic E-state index is -0.541. The molecule has 1 aromatic rings.